The molecule has 4 aromatic heterocycles. The summed E-state index contributed by atoms with van der Waals surface area (Å²) in [5, 5.41) is 18.2. The van der Waals surface area contributed by atoms with Gasteiger partial charge in [0.1, 0.15) is 0 Å². The van der Waals surface area contributed by atoms with Gasteiger partial charge in [-0.15, -0.1) is 10.2 Å². The Balaban J connectivity index is 1.88. The molecule has 0 aliphatic heterocycles. The van der Waals surface area contributed by atoms with Crippen molar-refractivity contribution >= 4 is 16.3 Å². The molecule has 8 heteroatoms. The molecule has 0 radical (unpaired) electrons. The number of fused-ring (bicyclic) bond motifs is 1. The molecular weight excluding hydrogens is 286 g/mol. The van der Waals surface area contributed by atoms with Gasteiger partial charge in [-0.2, -0.15) is 14.7 Å². The van der Waals surface area contributed by atoms with Crippen LogP contribution in [0.25, 0.3) is 27.1 Å². The second kappa shape index (κ2) is 4.45. The zero-order valence-corrected chi connectivity index (χ0v) is 12.2. The van der Waals surface area contributed by atoms with Crippen LogP contribution in [0.2, 0.25) is 0 Å². The molecule has 4 rings (SSSR count). The molecule has 0 atom stereocenters. The average molecular weight is 297 g/mol. The maximum atomic E-state index is 4.62. The van der Waals surface area contributed by atoms with Gasteiger partial charge in [0.05, 0.1) is 11.4 Å². The molecule has 104 valence electrons. The normalized spacial score (nSPS) is 11.3. The first-order chi connectivity index (χ1) is 10.2. The highest BCUT2D eigenvalue weighted by atomic mass is 32.1. The Bertz CT molecular complexity index is 919. The van der Waals surface area contributed by atoms with E-state index >= 15 is 0 Å². The number of pyridine rings is 1. The largest absolute Gasteiger partial charge is 0.265 e. The van der Waals surface area contributed by atoms with Crippen LogP contribution in [0.1, 0.15) is 5.69 Å². The zero-order chi connectivity index (χ0) is 14.4. The third-order valence-electron chi connectivity index (χ3n) is 3.15. The summed E-state index contributed by atoms with van der Waals surface area (Å²) in [7, 11) is 1.91. The summed E-state index contributed by atoms with van der Waals surface area (Å²) in [6.45, 7) is 1.96. The van der Waals surface area contributed by atoms with Gasteiger partial charge < -0.3 is 0 Å². The third-order valence-corrected chi connectivity index (χ3v) is 4.07. The van der Waals surface area contributed by atoms with Crippen LogP contribution in [0, 0.1) is 6.92 Å². The molecule has 7 nitrogen and oxygen atoms in total. The van der Waals surface area contributed by atoms with Crippen molar-refractivity contribution in [3.63, 3.8) is 0 Å². The van der Waals surface area contributed by atoms with E-state index in [0.29, 0.717) is 5.82 Å². The summed E-state index contributed by atoms with van der Waals surface area (Å²) in [5.41, 5.74) is 2.88. The quantitative estimate of drug-likeness (QED) is 0.565. The van der Waals surface area contributed by atoms with E-state index < -0.39 is 0 Å². The first-order valence-corrected chi connectivity index (χ1v) is 7.17. The number of nitrogens with zero attached hydrogens (tertiary/aromatic N) is 7. The van der Waals surface area contributed by atoms with Gasteiger partial charge in [-0.1, -0.05) is 11.3 Å². The van der Waals surface area contributed by atoms with E-state index in [9.17, 15) is 0 Å². The summed E-state index contributed by atoms with van der Waals surface area (Å²) in [6, 6.07) is 5.80. The smallest absolute Gasteiger partial charge is 0.235 e. The number of rotatable bonds is 2. The maximum absolute atomic E-state index is 4.62. The minimum absolute atomic E-state index is 0.716. The molecule has 0 fully saturated rings. The Kier molecular flexibility index (Phi) is 2.58. The summed E-state index contributed by atoms with van der Waals surface area (Å²) in [4.78, 5) is 4.78. The molecule has 0 unspecified atom stereocenters. The van der Waals surface area contributed by atoms with Crippen LogP contribution in [-0.4, -0.2) is 34.6 Å². The lowest BCUT2D eigenvalue weighted by Gasteiger charge is -1.96. The summed E-state index contributed by atoms with van der Waals surface area (Å²) in [6.07, 6.45) is 3.46. The predicted molar refractivity (Wildman–Crippen MR) is 78.8 cm³/mol. The Morgan fingerprint density at radius 1 is 1.10 bits per heavy atom. The fourth-order valence-corrected chi connectivity index (χ4v) is 3.10. The van der Waals surface area contributed by atoms with Crippen molar-refractivity contribution in [2.75, 3.05) is 0 Å². The maximum Gasteiger partial charge on any atom is 0.235 e. The third kappa shape index (κ3) is 1.91. The van der Waals surface area contributed by atoms with Gasteiger partial charge in [0.15, 0.2) is 10.8 Å². The topological polar surface area (TPSA) is 73.8 Å². The lowest BCUT2D eigenvalue weighted by Crippen LogP contribution is -1.95. The predicted octanol–water partition coefficient (Wildman–Crippen LogP) is 1.96. The highest BCUT2D eigenvalue weighted by Gasteiger charge is 2.16. The van der Waals surface area contributed by atoms with E-state index in [0.717, 1.165) is 26.9 Å². The van der Waals surface area contributed by atoms with E-state index in [1.807, 2.05) is 36.9 Å². The van der Waals surface area contributed by atoms with Gasteiger partial charge in [-0.3, -0.25) is 9.67 Å². The van der Waals surface area contributed by atoms with Gasteiger partial charge in [0, 0.05) is 25.0 Å². The van der Waals surface area contributed by atoms with Crippen LogP contribution >= 0.6 is 11.3 Å². The Hall–Kier alpha value is -2.61. The van der Waals surface area contributed by atoms with E-state index in [-0.39, 0.29) is 0 Å². The molecule has 0 spiro atoms. The SMILES string of the molecule is Cc1cc(-c2nn3c(-c4ccncc4)nnc3s2)n(C)n1. The van der Waals surface area contributed by atoms with E-state index in [1.54, 1.807) is 16.9 Å². The Labute approximate surface area is 123 Å². The number of aromatic nitrogens is 7. The summed E-state index contributed by atoms with van der Waals surface area (Å²) >= 11 is 1.50. The number of hydrogen-bond donors (Lipinski definition) is 0. The Morgan fingerprint density at radius 2 is 1.90 bits per heavy atom. The monoisotopic (exact) mass is 297 g/mol. The van der Waals surface area contributed by atoms with Crippen LogP contribution in [0.4, 0.5) is 0 Å². The molecule has 0 saturated carbocycles. The fraction of sp³-hybridized carbons (Fsp3) is 0.154. The van der Waals surface area contributed by atoms with Crippen molar-refractivity contribution in [2.24, 2.45) is 7.05 Å². The van der Waals surface area contributed by atoms with Gasteiger partial charge in [-0.25, -0.2) is 0 Å². The minimum Gasteiger partial charge on any atom is -0.265 e. The lowest BCUT2D eigenvalue weighted by atomic mass is 10.2. The van der Waals surface area contributed by atoms with E-state index in [4.69, 9.17) is 0 Å². The van der Waals surface area contributed by atoms with Crippen LogP contribution < -0.4 is 0 Å². The van der Waals surface area contributed by atoms with Crippen LogP contribution in [0.5, 0.6) is 0 Å². The van der Waals surface area contributed by atoms with Gasteiger partial charge >= 0.3 is 0 Å². The molecule has 4 aromatic rings. The van der Waals surface area contributed by atoms with Crippen LogP contribution in [0.3, 0.4) is 0 Å². The van der Waals surface area contributed by atoms with Crippen LogP contribution in [-0.2, 0) is 7.05 Å². The van der Waals surface area contributed by atoms with Crippen molar-refractivity contribution in [1.82, 2.24) is 34.6 Å². The summed E-state index contributed by atoms with van der Waals surface area (Å²) < 4.78 is 3.59. The highest BCUT2D eigenvalue weighted by molar-refractivity contribution is 7.19. The highest BCUT2D eigenvalue weighted by Crippen LogP contribution is 2.27. The second-order valence-corrected chi connectivity index (χ2v) is 5.61. The molecule has 0 aliphatic carbocycles. The fourth-order valence-electron chi connectivity index (χ4n) is 2.21. The average Bonchev–Trinajstić information content (AvgIpc) is 3.13. The van der Waals surface area contributed by atoms with Crippen molar-refractivity contribution in [3.8, 4) is 22.1 Å². The lowest BCUT2D eigenvalue weighted by molar-refractivity contribution is 0.761. The van der Waals surface area contributed by atoms with Gasteiger partial charge in [-0.05, 0) is 25.1 Å². The van der Waals surface area contributed by atoms with Crippen molar-refractivity contribution in [2.45, 2.75) is 6.92 Å². The molecule has 0 saturated heterocycles. The molecule has 0 N–H and O–H groups in total. The first kappa shape index (κ1) is 12.2. The molecule has 0 aliphatic rings. The number of aryl methyl sites for hydroxylation is 2. The van der Waals surface area contributed by atoms with Crippen LogP contribution in [0.15, 0.2) is 30.6 Å². The van der Waals surface area contributed by atoms with E-state index in [1.165, 1.54) is 11.3 Å². The molecule has 0 bridgehead atoms. The van der Waals surface area contributed by atoms with Gasteiger partial charge in [0.2, 0.25) is 4.96 Å². The molecule has 21 heavy (non-hydrogen) atoms. The summed E-state index contributed by atoms with van der Waals surface area (Å²) in [5.74, 6) is 0.716. The van der Waals surface area contributed by atoms with Gasteiger partial charge in [0.25, 0.3) is 0 Å². The second-order valence-electron chi connectivity index (χ2n) is 4.66. The van der Waals surface area contributed by atoms with Crippen molar-refractivity contribution in [3.05, 3.63) is 36.3 Å². The minimum atomic E-state index is 0.716. The first-order valence-electron chi connectivity index (χ1n) is 6.36. The Morgan fingerprint density at radius 3 is 2.62 bits per heavy atom. The van der Waals surface area contributed by atoms with Crippen molar-refractivity contribution < 1.29 is 0 Å². The zero-order valence-electron chi connectivity index (χ0n) is 11.4. The molecule has 0 aromatic carbocycles. The number of hydrogen-bond acceptors (Lipinski definition) is 6. The van der Waals surface area contributed by atoms with E-state index in [2.05, 4.69) is 25.4 Å². The molecular formula is C13H11N7S. The van der Waals surface area contributed by atoms with Crippen molar-refractivity contribution in [1.29, 1.82) is 0 Å². The molecule has 4 heterocycles. The molecule has 0 amide bonds. The standard InChI is InChI=1S/C13H11N7S/c1-8-7-10(19(2)17-8)12-18-20-11(15-16-13(20)21-12)9-3-5-14-6-4-9/h3-7H,1-2H3.